The van der Waals surface area contributed by atoms with Gasteiger partial charge >= 0.3 is 0 Å². The van der Waals surface area contributed by atoms with Crippen LogP contribution in [-0.4, -0.2) is 5.11 Å². The Balaban J connectivity index is 2.30. The molecule has 0 radical (unpaired) electrons. The Morgan fingerprint density at radius 3 is 2.58 bits per heavy atom. The summed E-state index contributed by atoms with van der Waals surface area (Å²) in [5, 5.41) is 13.5. The normalized spacial score (nSPS) is 12.2. The average Bonchev–Trinajstić information content (AvgIpc) is 2.41. The minimum Gasteiger partial charge on any atom is -0.508 e. The molecule has 0 saturated heterocycles. The van der Waals surface area contributed by atoms with Crippen molar-refractivity contribution in [2.24, 2.45) is 0 Å². The first-order valence-corrected chi connectivity index (χ1v) is 7.22. The van der Waals surface area contributed by atoms with Crippen LogP contribution in [0.25, 0.3) is 0 Å². The summed E-state index contributed by atoms with van der Waals surface area (Å²) in [5.74, 6) is 0.339. The molecule has 0 aliphatic rings. The molecule has 19 heavy (non-hydrogen) atoms. The molecule has 0 bridgehead atoms. The molecule has 0 amide bonds. The highest BCUT2D eigenvalue weighted by Crippen LogP contribution is 2.33. The van der Waals surface area contributed by atoms with E-state index in [1.807, 2.05) is 30.3 Å². The van der Waals surface area contributed by atoms with Crippen molar-refractivity contribution in [2.75, 3.05) is 5.32 Å². The molecule has 2 nitrogen and oxygen atoms in total. The van der Waals surface area contributed by atoms with Gasteiger partial charge in [-0.3, -0.25) is 0 Å². The van der Waals surface area contributed by atoms with E-state index in [1.54, 1.807) is 6.07 Å². The van der Waals surface area contributed by atoms with E-state index in [1.165, 1.54) is 5.56 Å². The molecule has 1 atom stereocenters. The third-order valence-corrected chi connectivity index (χ3v) is 4.29. The molecule has 100 valence electrons. The number of hydrogen-bond acceptors (Lipinski definition) is 2. The number of aromatic hydroxyl groups is 1. The van der Waals surface area contributed by atoms with Crippen molar-refractivity contribution in [1.82, 2.24) is 0 Å². The maximum Gasteiger partial charge on any atom is 0.120 e. The number of nitrogens with one attached hydrogen (secondary N) is 1. The van der Waals surface area contributed by atoms with E-state index in [-0.39, 0.29) is 6.04 Å². The maximum atomic E-state index is 9.96. The fourth-order valence-corrected chi connectivity index (χ4v) is 2.51. The van der Waals surface area contributed by atoms with Crippen LogP contribution >= 0.6 is 15.9 Å². The number of anilines is 1. The largest absolute Gasteiger partial charge is 0.508 e. The van der Waals surface area contributed by atoms with Gasteiger partial charge in [0.1, 0.15) is 5.75 Å². The van der Waals surface area contributed by atoms with Crippen molar-refractivity contribution in [3.8, 4) is 5.75 Å². The molecule has 0 fully saturated rings. The molecule has 0 spiro atoms. The lowest BCUT2D eigenvalue weighted by molar-refractivity contribution is 0.463. The molecular formula is C16H18BrNO. The lowest BCUT2D eigenvalue weighted by Gasteiger charge is -2.21. The Labute approximate surface area is 122 Å². The molecule has 0 saturated carbocycles. The van der Waals surface area contributed by atoms with Gasteiger partial charge in [-0.1, -0.05) is 37.3 Å². The Morgan fingerprint density at radius 2 is 1.89 bits per heavy atom. The second-order valence-electron chi connectivity index (χ2n) is 4.60. The molecule has 0 aliphatic carbocycles. The highest BCUT2D eigenvalue weighted by molar-refractivity contribution is 9.10. The summed E-state index contributed by atoms with van der Waals surface area (Å²) >= 11 is 3.60. The maximum absolute atomic E-state index is 9.96. The lowest BCUT2D eigenvalue weighted by Crippen LogP contribution is -2.10. The highest BCUT2D eigenvalue weighted by Gasteiger charge is 2.14. The number of halogens is 1. The first-order valence-electron chi connectivity index (χ1n) is 6.43. The van der Waals surface area contributed by atoms with Crippen LogP contribution < -0.4 is 5.32 Å². The van der Waals surface area contributed by atoms with Gasteiger partial charge in [-0.25, -0.2) is 0 Å². The second-order valence-corrected chi connectivity index (χ2v) is 5.39. The summed E-state index contributed by atoms with van der Waals surface area (Å²) < 4.78 is 1.07. The predicted molar refractivity (Wildman–Crippen MR) is 83.6 cm³/mol. The van der Waals surface area contributed by atoms with Gasteiger partial charge in [0.15, 0.2) is 0 Å². The zero-order chi connectivity index (χ0) is 13.8. The summed E-state index contributed by atoms with van der Waals surface area (Å²) in [6, 6.07) is 13.7. The lowest BCUT2D eigenvalue weighted by atomic mass is 10.0. The van der Waals surface area contributed by atoms with Crippen LogP contribution in [0.2, 0.25) is 0 Å². The van der Waals surface area contributed by atoms with Gasteiger partial charge in [-0.05, 0) is 47.0 Å². The van der Waals surface area contributed by atoms with E-state index < -0.39 is 0 Å². The van der Waals surface area contributed by atoms with Crippen molar-refractivity contribution in [2.45, 2.75) is 26.3 Å². The number of phenolic OH excluding ortho intramolecular Hbond substituents is 1. The minimum atomic E-state index is 0.0966. The molecule has 2 rings (SSSR count). The summed E-state index contributed by atoms with van der Waals surface area (Å²) in [6.07, 6.45) is 0.901. The standard InChI is InChI=1S/C16H18BrNO/c1-3-13(12-8-4-5-10-15(12)19)18-14-9-6-7-11(2)16(14)17/h4-10,13,18-19H,3H2,1-2H3. The predicted octanol–water partition coefficient (Wildman–Crippen LogP) is 5.03. The van der Waals surface area contributed by atoms with Gasteiger partial charge in [0, 0.05) is 15.7 Å². The van der Waals surface area contributed by atoms with Gasteiger partial charge in [0.25, 0.3) is 0 Å². The Morgan fingerprint density at radius 1 is 1.16 bits per heavy atom. The molecule has 2 aromatic carbocycles. The third kappa shape index (κ3) is 3.10. The number of phenols is 1. The zero-order valence-electron chi connectivity index (χ0n) is 11.2. The SMILES string of the molecule is CCC(Nc1cccc(C)c1Br)c1ccccc1O. The van der Waals surface area contributed by atoms with Crippen LogP contribution in [0.1, 0.15) is 30.5 Å². The van der Waals surface area contributed by atoms with E-state index in [0.29, 0.717) is 5.75 Å². The van der Waals surface area contributed by atoms with E-state index in [2.05, 4.69) is 41.2 Å². The zero-order valence-corrected chi connectivity index (χ0v) is 12.7. The summed E-state index contributed by atoms with van der Waals surface area (Å²) in [5.41, 5.74) is 3.17. The summed E-state index contributed by atoms with van der Waals surface area (Å²) in [7, 11) is 0. The third-order valence-electron chi connectivity index (χ3n) is 3.24. The van der Waals surface area contributed by atoms with Crippen LogP contribution in [0.5, 0.6) is 5.75 Å². The molecule has 2 aromatic rings. The van der Waals surface area contributed by atoms with E-state index >= 15 is 0 Å². The highest BCUT2D eigenvalue weighted by atomic mass is 79.9. The number of para-hydroxylation sites is 1. The van der Waals surface area contributed by atoms with E-state index in [0.717, 1.165) is 22.1 Å². The monoisotopic (exact) mass is 319 g/mol. The second kappa shape index (κ2) is 6.11. The van der Waals surface area contributed by atoms with Crippen LogP contribution in [-0.2, 0) is 0 Å². The molecular weight excluding hydrogens is 302 g/mol. The quantitative estimate of drug-likeness (QED) is 0.828. The van der Waals surface area contributed by atoms with Crippen LogP contribution in [0.15, 0.2) is 46.9 Å². The molecule has 2 N–H and O–H groups in total. The van der Waals surface area contributed by atoms with Crippen molar-refractivity contribution >= 4 is 21.6 Å². The van der Waals surface area contributed by atoms with Crippen LogP contribution in [0.3, 0.4) is 0 Å². The van der Waals surface area contributed by atoms with Crippen molar-refractivity contribution in [3.05, 3.63) is 58.1 Å². The molecule has 0 aliphatic heterocycles. The van der Waals surface area contributed by atoms with Crippen LogP contribution in [0, 0.1) is 6.92 Å². The fourth-order valence-electron chi connectivity index (χ4n) is 2.13. The Kier molecular flexibility index (Phi) is 4.48. The van der Waals surface area contributed by atoms with Gasteiger partial charge in [0.05, 0.1) is 6.04 Å². The summed E-state index contributed by atoms with van der Waals surface area (Å²) in [4.78, 5) is 0. The van der Waals surface area contributed by atoms with Gasteiger partial charge in [-0.2, -0.15) is 0 Å². The number of hydrogen-bond donors (Lipinski definition) is 2. The molecule has 0 aromatic heterocycles. The molecule has 1 unspecified atom stereocenters. The molecule has 0 heterocycles. The number of benzene rings is 2. The minimum absolute atomic E-state index is 0.0966. The van der Waals surface area contributed by atoms with E-state index in [9.17, 15) is 5.11 Å². The number of aryl methyl sites for hydroxylation is 1. The van der Waals surface area contributed by atoms with E-state index in [4.69, 9.17) is 0 Å². The van der Waals surface area contributed by atoms with Gasteiger partial charge in [0.2, 0.25) is 0 Å². The van der Waals surface area contributed by atoms with Gasteiger partial charge < -0.3 is 10.4 Å². The van der Waals surface area contributed by atoms with Crippen molar-refractivity contribution in [1.29, 1.82) is 0 Å². The summed E-state index contributed by atoms with van der Waals surface area (Å²) in [6.45, 7) is 4.17. The fraction of sp³-hybridized carbons (Fsp3) is 0.250. The average molecular weight is 320 g/mol. The van der Waals surface area contributed by atoms with Crippen molar-refractivity contribution < 1.29 is 5.11 Å². The van der Waals surface area contributed by atoms with Crippen molar-refractivity contribution in [3.63, 3.8) is 0 Å². The number of rotatable bonds is 4. The molecule has 3 heteroatoms. The first kappa shape index (κ1) is 13.9. The van der Waals surface area contributed by atoms with Crippen LogP contribution in [0.4, 0.5) is 5.69 Å². The Hall–Kier alpha value is -1.48. The van der Waals surface area contributed by atoms with Gasteiger partial charge in [-0.15, -0.1) is 0 Å². The topological polar surface area (TPSA) is 32.3 Å². The Bertz CT molecular complexity index is 568. The smallest absolute Gasteiger partial charge is 0.120 e. The first-order chi connectivity index (χ1) is 9.13.